The molecule has 0 spiro atoms. The van der Waals surface area contributed by atoms with E-state index in [0.717, 1.165) is 0 Å². The Morgan fingerprint density at radius 2 is 1.80 bits per heavy atom. The monoisotopic (exact) mass is 361 g/mol. The summed E-state index contributed by atoms with van der Waals surface area (Å²) in [4.78, 5) is 16.4. The van der Waals surface area contributed by atoms with Crippen molar-refractivity contribution in [2.75, 3.05) is 19.5 Å². The van der Waals surface area contributed by atoms with Gasteiger partial charge in [0.2, 0.25) is 0 Å². The Kier molecular flexibility index (Phi) is 4.90. The molecule has 3 aromatic rings. The van der Waals surface area contributed by atoms with Crippen LogP contribution < -0.4 is 14.8 Å². The molecule has 0 fully saturated rings. The highest BCUT2D eigenvalue weighted by Crippen LogP contribution is 2.41. The molecule has 9 heteroatoms. The van der Waals surface area contributed by atoms with Crippen LogP contribution in [0.5, 0.6) is 11.5 Å². The molecule has 0 aliphatic rings. The molecule has 0 saturated carbocycles. The van der Waals surface area contributed by atoms with Crippen molar-refractivity contribution >= 4 is 23.1 Å². The fourth-order valence-electron chi connectivity index (χ4n) is 2.16. The number of benzene rings is 1. The second-order valence-corrected chi connectivity index (χ2v) is 5.14. The number of hydrogen-bond acceptors (Lipinski definition) is 7. The lowest BCUT2D eigenvalue weighted by atomic mass is 10.2. The number of ether oxygens (including phenoxy) is 2. The summed E-state index contributed by atoms with van der Waals surface area (Å²) in [7, 11) is 2.78. The zero-order valence-corrected chi connectivity index (χ0v) is 14.1. The van der Waals surface area contributed by atoms with Gasteiger partial charge in [-0.15, -0.1) is 0 Å². The van der Waals surface area contributed by atoms with Crippen LogP contribution in [-0.2, 0) is 0 Å². The van der Waals surface area contributed by atoms with Crippen molar-refractivity contribution in [1.29, 1.82) is 0 Å². The first-order chi connectivity index (χ1) is 12.2. The minimum absolute atomic E-state index is 0.0174. The molecule has 2 heterocycles. The Hall–Kier alpha value is -3.00. The zero-order chi connectivity index (χ0) is 17.8. The number of hydrogen-bond donors (Lipinski definition) is 1. The van der Waals surface area contributed by atoms with Crippen LogP contribution in [0, 0.1) is 5.82 Å². The molecule has 0 aliphatic heterocycles. The summed E-state index contributed by atoms with van der Waals surface area (Å²) in [5.74, 6) is -0.156. The Labute approximate surface area is 147 Å². The maximum Gasteiger partial charge on any atom is 0.190 e. The highest BCUT2D eigenvalue weighted by molar-refractivity contribution is 6.35. The molecule has 7 nitrogen and oxygen atoms in total. The van der Waals surface area contributed by atoms with Crippen molar-refractivity contribution in [1.82, 2.24) is 19.9 Å². The standard InChI is InChI=1S/C16H13ClFN5O2/c1-24-10-7-11(25-2)13(18)15(12(10)17)23-16-14(20-5-6-21-16)9-3-4-19-8-22-9/h3-8H,1-2H3,(H,21,23). The van der Waals surface area contributed by atoms with Gasteiger partial charge in [0, 0.05) is 24.7 Å². The van der Waals surface area contributed by atoms with E-state index < -0.39 is 5.82 Å². The van der Waals surface area contributed by atoms with Gasteiger partial charge in [-0.05, 0) is 6.07 Å². The molecule has 0 atom stereocenters. The van der Waals surface area contributed by atoms with Gasteiger partial charge < -0.3 is 14.8 Å². The Bertz CT molecular complexity index is 867. The van der Waals surface area contributed by atoms with Crippen LogP contribution in [0.1, 0.15) is 0 Å². The number of nitrogens with one attached hydrogen (secondary N) is 1. The molecule has 1 N–H and O–H groups in total. The van der Waals surface area contributed by atoms with Crippen LogP contribution in [0.2, 0.25) is 5.02 Å². The summed E-state index contributed by atoms with van der Waals surface area (Å²) in [5.41, 5.74) is 0.910. The maximum absolute atomic E-state index is 14.7. The lowest BCUT2D eigenvalue weighted by molar-refractivity contribution is 0.375. The molecule has 0 amide bonds. The second-order valence-electron chi connectivity index (χ2n) is 4.76. The maximum atomic E-state index is 14.7. The van der Waals surface area contributed by atoms with E-state index in [-0.39, 0.29) is 28.0 Å². The van der Waals surface area contributed by atoms with E-state index in [1.54, 1.807) is 12.3 Å². The van der Waals surface area contributed by atoms with Gasteiger partial charge >= 0.3 is 0 Å². The molecule has 128 valence electrons. The molecule has 25 heavy (non-hydrogen) atoms. The van der Waals surface area contributed by atoms with E-state index in [2.05, 4.69) is 25.3 Å². The van der Waals surface area contributed by atoms with Gasteiger partial charge in [0.05, 0.1) is 19.9 Å². The lowest BCUT2D eigenvalue weighted by Crippen LogP contribution is -2.04. The van der Waals surface area contributed by atoms with Crippen molar-refractivity contribution in [3.63, 3.8) is 0 Å². The van der Waals surface area contributed by atoms with Gasteiger partial charge in [0.15, 0.2) is 17.4 Å². The van der Waals surface area contributed by atoms with E-state index in [4.69, 9.17) is 21.1 Å². The van der Waals surface area contributed by atoms with Crippen LogP contribution in [0.15, 0.2) is 37.1 Å². The normalized spacial score (nSPS) is 10.4. The molecule has 0 bridgehead atoms. The summed E-state index contributed by atoms with van der Waals surface area (Å²) in [5, 5.41) is 2.91. The lowest BCUT2D eigenvalue weighted by Gasteiger charge is -2.15. The predicted molar refractivity (Wildman–Crippen MR) is 90.9 cm³/mol. The number of nitrogens with zero attached hydrogens (tertiary/aromatic N) is 4. The van der Waals surface area contributed by atoms with Gasteiger partial charge in [-0.3, -0.25) is 0 Å². The van der Waals surface area contributed by atoms with E-state index >= 15 is 0 Å². The molecule has 0 saturated heterocycles. The number of halogens is 2. The molecule has 1 aromatic carbocycles. The number of methoxy groups -OCH3 is 2. The van der Waals surface area contributed by atoms with Crippen LogP contribution in [-0.4, -0.2) is 34.2 Å². The van der Waals surface area contributed by atoms with Crippen molar-refractivity contribution in [3.8, 4) is 22.9 Å². The van der Waals surface area contributed by atoms with Crippen LogP contribution >= 0.6 is 11.6 Å². The summed E-state index contributed by atoms with van der Waals surface area (Å²) in [6.07, 6.45) is 5.93. The molecule has 2 aromatic heterocycles. The van der Waals surface area contributed by atoms with Crippen LogP contribution in [0.4, 0.5) is 15.9 Å². The van der Waals surface area contributed by atoms with Crippen LogP contribution in [0.3, 0.4) is 0 Å². The highest BCUT2D eigenvalue weighted by Gasteiger charge is 2.21. The molecule has 0 unspecified atom stereocenters. The molecular weight excluding hydrogens is 349 g/mol. The zero-order valence-electron chi connectivity index (χ0n) is 13.3. The first-order valence-electron chi connectivity index (χ1n) is 7.10. The summed E-state index contributed by atoms with van der Waals surface area (Å²) >= 11 is 6.23. The van der Waals surface area contributed by atoms with E-state index in [1.165, 1.54) is 39.0 Å². The third kappa shape index (κ3) is 3.29. The summed E-state index contributed by atoms with van der Waals surface area (Å²) in [6, 6.07) is 3.03. The predicted octanol–water partition coefficient (Wildman–Crippen LogP) is 3.49. The molecule has 3 rings (SSSR count). The van der Waals surface area contributed by atoms with E-state index in [1.807, 2.05) is 0 Å². The van der Waals surface area contributed by atoms with Gasteiger partial charge in [-0.1, -0.05) is 11.6 Å². The van der Waals surface area contributed by atoms with E-state index in [9.17, 15) is 4.39 Å². The third-order valence-electron chi connectivity index (χ3n) is 3.34. The van der Waals surface area contributed by atoms with Gasteiger partial charge in [0.1, 0.15) is 28.5 Å². The van der Waals surface area contributed by atoms with E-state index in [0.29, 0.717) is 11.4 Å². The Balaban J connectivity index is 2.10. The first kappa shape index (κ1) is 16.8. The first-order valence-corrected chi connectivity index (χ1v) is 7.48. The summed E-state index contributed by atoms with van der Waals surface area (Å²) < 4.78 is 24.9. The SMILES string of the molecule is COc1cc(OC)c(Cl)c(Nc2nccnc2-c2ccncn2)c1F. The van der Waals surface area contributed by atoms with Crippen molar-refractivity contribution in [3.05, 3.63) is 47.9 Å². The molecule has 0 aliphatic carbocycles. The number of rotatable bonds is 5. The van der Waals surface area contributed by atoms with Crippen molar-refractivity contribution in [2.24, 2.45) is 0 Å². The molecule has 0 radical (unpaired) electrons. The number of anilines is 2. The van der Waals surface area contributed by atoms with Crippen molar-refractivity contribution < 1.29 is 13.9 Å². The second kappa shape index (κ2) is 7.27. The minimum Gasteiger partial charge on any atom is -0.495 e. The Morgan fingerprint density at radius 3 is 2.48 bits per heavy atom. The smallest absolute Gasteiger partial charge is 0.190 e. The van der Waals surface area contributed by atoms with Gasteiger partial charge in [0.25, 0.3) is 0 Å². The highest BCUT2D eigenvalue weighted by atomic mass is 35.5. The minimum atomic E-state index is -0.674. The van der Waals surface area contributed by atoms with Gasteiger partial charge in [-0.25, -0.2) is 24.3 Å². The molecular formula is C16H13ClFN5O2. The average Bonchev–Trinajstić information content (AvgIpc) is 2.66. The summed E-state index contributed by atoms with van der Waals surface area (Å²) in [6.45, 7) is 0. The topological polar surface area (TPSA) is 82.0 Å². The van der Waals surface area contributed by atoms with Crippen LogP contribution in [0.25, 0.3) is 11.4 Å². The average molecular weight is 362 g/mol. The quantitative estimate of drug-likeness (QED) is 0.744. The fourth-order valence-corrected chi connectivity index (χ4v) is 2.42. The van der Waals surface area contributed by atoms with Crippen molar-refractivity contribution in [2.45, 2.75) is 0 Å². The largest absolute Gasteiger partial charge is 0.495 e. The fraction of sp³-hybridized carbons (Fsp3) is 0.125. The van der Waals surface area contributed by atoms with Gasteiger partial charge in [-0.2, -0.15) is 0 Å². The third-order valence-corrected chi connectivity index (χ3v) is 3.72. The number of aromatic nitrogens is 4. The Morgan fingerprint density at radius 1 is 1.04 bits per heavy atom.